The summed E-state index contributed by atoms with van der Waals surface area (Å²) in [6, 6.07) is 11.9. The summed E-state index contributed by atoms with van der Waals surface area (Å²) in [5.74, 6) is 3.05. The van der Waals surface area contributed by atoms with Crippen LogP contribution in [0.15, 0.2) is 79.6 Å². The van der Waals surface area contributed by atoms with E-state index < -0.39 is 65.5 Å². The molecule has 2 unspecified atom stereocenters. The van der Waals surface area contributed by atoms with E-state index >= 15 is 0 Å². The molecule has 8 N–H and O–H groups in total. The van der Waals surface area contributed by atoms with E-state index in [9.17, 15) is 57.7 Å². The summed E-state index contributed by atoms with van der Waals surface area (Å²) in [5.41, 5.74) is -1.69. The maximum atomic E-state index is 13.3. The van der Waals surface area contributed by atoms with Crippen molar-refractivity contribution in [3.8, 4) is 40.0 Å². The first kappa shape index (κ1) is 42.1. The number of phenols is 1. The van der Waals surface area contributed by atoms with Crippen molar-refractivity contribution in [3.63, 3.8) is 0 Å². The van der Waals surface area contributed by atoms with E-state index in [-0.39, 0.29) is 64.2 Å². The number of carboxylic acid groups (broad SMARTS) is 1. The molecule has 3 heterocycles. The molecule has 0 bridgehead atoms. The van der Waals surface area contributed by atoms with Gasteiger partial charge in [-0.3, -0.25) is 28.5 Å². The van der Waals surface area contributed by atoms with Crippen LogP contribution in [0, 0.1) is 11.8 Å². The Morgan fingerprint density at radius 2 is 1.69 bits per heavy atom. The van der Waals surface area contributed by atoms with Crippen LogP contribution in [0.2, 0.25) is 0 Å². The number of aromatic hydroxyl groups is 1. The largest absolute Gasteiger partial charge is 0.508 e. The molecule has 0 radical (unpaired) electrons. The number of aromatic amines is 1. The number of phenolic OH excluding ortho intramolecular Hbond substituents is 1. The van der Waals surface area contributed by atoms with Gasteiger partial charge in [0.1, 0.15) is 28.9 Å². The Balaban J connectivity index is 1.16. The third kappa shape index (κ3) is 9.94. The number of nitrogens with zero attached hydrogens (tertiary/aromatic N) is 1. The molecule has 0 spiro atoms. The molecule has 22 nitrogen and oxygen atoms in total. The maximum Gasteiger partial charge on any atom is 0.490 e. The highest BCUT2D eigenvalue weighted by Gasteiger charge is 2.41. The van der Waals surface area contributed by atoms with E-state index in [1.807, 2.05) is 0 Å². The van der Waals surface area contributed by atoms with Crippen molar-refractivity contribution in [3.05, 3.63) is 109 Å². The van der Waals surface area contributed by atoms with Gasteiger partial charge in [-0.1, -0.05) is 11.8 Å². The average molecular weight is 864 g/mol. The number of carbonyl (C=O) groups is 2. The van der Waals surface area contributed by atoms with Gasteiger partial charge in [0.15, 0.2) is 5.43 Å². The van der Waals surface area contributed by atoms with Crippen LogP contribution in [0.4, 0.5) is 0 Å². The van der Waals surface area contributed by atoms with Crippen molar-refractivity contribution in [1.29, 1.82) is 0 Å². The van der Waals surface area contributed by atoms with Crippen LogP contribution in [-0.4, -0.2) is 70.5 Å². The zero-order chi connectivity index (χ0) is 42.2. The number of nitrogens with one attached hydrogen (secondary N) is 2. The highest BCUT2D eigenvalue weighted by Crippen LogP contribution is 2.66. The van der Waals surface area contributed by atoms with Gasteiger partial charge >= 0.3 is 35.1 Å². The van der Waals surface area contributed by atoms with E-state index in [4.69, 9.17) is 18.9 Å². The predicted molar refractivity (Wildman–Crippen MR) is 197 cm³/mol. The number of phosphoric acid groups is 3. The van der Waals surface area contributed by atoms with Gasteiger partial charge in [-0.05, 0) is 60.9 Å². The van der Waals surface area contributed by atoms with E-state index in [1.54, 1.807) is 0 Å². The van der Waals surface area contributed by atoms with Crippen LogP contribution in [0.1, 0.15) is 45.3 Å². The lowest BCUT2D eigenvalue weighted by molar-refractivity contribution is -0.0243. The minimum absolute atomic E-state index is 0.00962. The van der Waals surface area contributed by atoms with Crippen molar-refractivity contribution in [2.75, 3.05) is 13.2 Å². The summed E-state index contributed by atoms with van der Waals surface area (Å²) in [7, 11) is -16.8. The van der Waals surface area contributed by atoms with Gasteiger partial charge in [0, 0.05) is 40.4 Å². The number of carboxylic acids is 1. The molecule has 2 aromatic carbocycles. The first-order valence-corrected chi connectivity index (χ1v) is 20.8. The molecule has 1 amide bonds. The Hall–Kier alpha value is -5.52. The third-order valence-corrected chi connectivity index (χ3v) is 12.0. The van der Waals surface area contributed by atoms with Crippen LogP contribution in [0.5, 0.6) is 5.75 Å². The van der Waals surface area contributed by atoms with Gasteiger partial charge in [-0.2, -0.15) is 8.62 Å². The Morgan fingerprint density at radius 3 is 2.41 bits per heavy atom. The molecule has 304 valence electrons. The Kier molecular flexibility index (Phi) is 11.9. The summed E-state index contributed by atoms with van der Waals surface area (Å²) in [5, 5.41) is 23.1. The van der Waals surface area contributed by atoms with Gasteiger partial charge in [-0.15, -0.1) is 0 Å². The number of benzene rings is 3. The van der Waals surface area contributed by atoms with E-state index in [1.165, 1.54) is 54.6 Å². The first-order chi connectivity index (χ1) is 27.2. The fraction of sp³-hybridized carbons (Fsp3) is 0.182. The van der Waals surface area contributed by atoms with Crippen molar-refractivity contribution >= 4 is 46.3 Å². The standard InChI is InChI=1S/C33H28N3O19P3/c37-19-4-8-23-26(13-19)53-27-14-20(38)5-9-24(27)29(23)25-12-17(3-7-22(25)32(41)42)30(39)34-11-1-2-18-15-36(33(43)35-31(18)40)28-10-6-21(52-28)16-51-57(47,48)55-58(49,50)54-56(44,45)46/h3-5,7-9,12-15,21,28,37H,6,10-11,16H2,(H,34,39)(H,41,42)(H,47,48)(H,49,50)(H,35,40,43)(H2,44,45,46)/t21-,28+/m0/s1. The molecule has 1 aliphatic carbocycles. The highest BCUT2D eigenvalue weighted by atomic mass is 31.3. The Morgan fingerprint density at radius 1 is 0.931 bits per heavy atom. The molecule has 58 heavy (non-hydrogen) atoms. The number of amides is 1. The smallest absolute Gasteiger partial charge is 0.490 e. The maximum absolute atomic E-state index is 13.3. The van der Waals surface area contributed by atoms with Crippen LogP contribution < -0.4 is 22.0 Å². The number of phosphoric ester groups is 1. The van der Waals surface area contributed by atoms with Crippen LogP contribution in [-0.2, 0) is 31.6 Å². The number of carbonyl (C=O) groups excluding carboxylic acids is 1. The molecular weight excluding hydrogens is 835 g/mol. The van der Waals surface area contributed by atoms with Gasteiger partial charge in [0.2, 0.25) is 0 Å². The monoisotopic (exact) mass is 863 g/mol. The number of hydrogen-bond donors (Lipinski definition) is 8. The minimum atomic E-state index is -5.74. The molecule has 1 aromatic heterocycles. The quantitative estimate of drug-likeness (QED) is 0.0507. The molecule has 25 heteroatoms. The second kappa shape index (κ2) is 16.4. The highest BCUT2D eigenvalue weighted by molar-refractivity contribution is 7.66. The van der Waals surface area contributed by atoms with Crippen LogP contribution in [0.3, 0.4) is 0 Å². The number of hydrogen-bond acceptors (Lipinski definition) is 14. The molecule has 0 saturated carbocycles. The molecule has 1 fully saturated rings. The third-order valence-electron chi connectivity index (χ3n) is 8.22. The second-order valence-electron chi connectivity index (χ2n) is 12.3. The van der Waals surface area contributed by atoms with Crippen molar-refractivity contribution in [1.82, 2.24) is 14.9 Å². The number of aromatic carboxylic acids is 1. The lowest BCUT2D eigenvalue weighted by Crippen LogP contribution is -2.33. The normalized spacial score (nSPS) is 17.6. The van der Waals surface area contributed by atoms with Crippen molar-refractivity contribution in [2.24, 2.45) is 0 Å². The summed E-state index contributed by atoms with van der Waals surface area (Å²) in [4.78, 5) is 101. The van der Waals surface area contributed by atoms with Gasteiger partial charge in [0.05, 0.1) is 24.8 Å². The summed E-state index contributed by atoms with van der Waals surface area (Å²) < 4.78 is 58.7. The van der Waals surface area contributed by atoms with Gasteiger partial charge in [0.25, 0.3) is 11.5 Å². The van der Waals surface area contributed by atoms with E-state index in [2.05, 4.69) is 35.3 Å². The molecule has 3 aromatic rings. The zero-order valence-corrected chi connectivity index (χ0v) is 31.7. The number of fused-ring (bicyclic) bond motifs is 2. The predicted octanol–water partition coefficient (Wildman–Crippen LogP) is 2.62. The summed E-state index contributed by atoms with van der Waals surface area (Å²) in [6.07, 6.45) is -0.837. The topological polar surface area (TPSA) is 341 Å². The molecular formula is C33H28N3O19P3. The first-order valence-electron chi connectivity index (χ1n) is 16.3. The average Bonchev–Trinajstić information content (AvgIpc) is 3.59. The van der Waals surface area contributed by atoms with Crippen molar-refractivity contribution in [2.45, 2.75) is 25.2 Å². The Labute approximate surface area is 323 Å². The van der Waals surface area contributed by atoms with Crippen molar-refractivity contribution < 1.29 is 75.4 Å². The SMILES string of the molecule is O=C(NCC#Cc1cn([C@H]2CC[C@@H](COP(=O)(O)OP(=O)(O)OP(=O)(O)O)O2)c(=O)[nH]c1=O)c1ccc(C(=O)O)c(-c2c3ccc(=O)cc-3oc3cc(O)ccc23)c1. The minimum Gasteiger partial charge on any atom is -0.508 e. The van der Waals surface area contributed by atoms with E-state index in [0.29, 0.717) is 16.5 Å². The molecule has 1 saturated heterocycles. The second-order valence-corrected chi connectivity index (χ2v) is 16.7. The molecule has 2 aliphatic heterocycles. The molecule has 6 rings (SSSR count). The van der Waals surface area contributed by atoms with Crippen LogP contribution >= 0.6 is 23.5 Å². The number of ether oxygens (including phenoxy) is 1. The lowest BCUT2D eigenvalue weighted by Gasteiger charge is -2.19. The fourth-order valence-corrected chi connectivity index (χ4v) is 8.93. The number of H-pyrrole nitrogens is 1. The van der Waals surface area contributed by atoms with Gasteiger partial charge < -0.3 is 44.3 Å². The number of aromatic nitrogens is 2. The fourth-order valence-electron chi connectivity index (χ4n) is 5.88. The molecule has 3 aliphatic rings. The number of rotatable bonds is 12. The van der Waals surface area contributed by atoms with Gasteiger partial charge in [-0.25, -0.2) is 23.3 Å². The zero-order valence-electron chi connectivity index (χ0n) is 29.0. The summed E-state index contributed by atoms with van der Waals surface area (Å²) in [6.45, 7) is -1.09. The molecule has 4 atom stereocenters. The van der Waals surface area contributed by atoms with E-state index in [0.717, 1.165) is 10.8 Å². The summed E-state index contributed by atoms with van der Waals surface area (Å²) >= 11 is 0. The van der Waals surface area contributed by atoms with Crippen LogP contribution in [0.25, 0.3) is 33.4 Å². The lowest BCUT2D eigenvalue weighted by atomic mass is 9.89. The Bertz CT molecular complexity index is 2830.